The number of rotatable bonds is 45. The largest absolute Gasteiger partial charge is 0.480 e. The van der Waals surface area contributed by atoms with E-state index in [-0.39, 0.29) is 51.0 Å². The van der Waals surface area contributed by atoms with Crippen molar-refractivity contribution in [2.45, 2.75) is 107 Å². The zero-order chi connectivity index (χ0) is 71.8. The number of carboxylic acids is 1. The zero-order valence-corrected chi connectivity index (χ0v) is 54.2. The Morgan fingerprint density at radius 1 is 0.398 bits per heavy atom. The Hall–Kier alpha value is -11.1. The maximum atomic E-state index is 13.5. The zero-order valence-electron chi connectivity index (χ0n) is 54.2. The molecular weight excluding hydrogens is 1280 g/mol. The molecule has 0 aliphatic heterocycles. The normalized spacial score (nSPS) is 12.6. The number of carbonyl (C=O) groups is 14. The molecule has 0 aliphatic rings. The van der Waals surface area contributed by atoms with Crippen molar-refractivity contribution in [1.82, 2.24) is 74.1 Å². The van der Waals surface area contributed by atoms with Gasteiger partial charge in [-0.05, 0) is 80.8 Å². The molecule has 0 saturated carbocycles. The Balaban J connectivity index is 1.25. The number of para-hydroxylation sites is 1. The number of aliphatic imine (C=N–C) groups is 1. The molecule has 0 fully saturated rings. The first-order valence-electron chi connectivity index (χ1n) is 31.7. The number of nitrogens with one attached hydrogen (secondary N) is 14. The van der Waals surface area contributed by atoms with Crippen LogP contribution in [0.5, 0.6) is 0 Å². The third-order valence-corrected chi connectivity index (χ3v) is 14.6. The summed E-state index contributed by atoms with van der Waals surface area (Å²) in [6, 6.07) is 16.9. The van der Waals surface area contributed by atoms with E-state index >= 15 is 0 Å². The van der Waals surface area contributed by atoms with Crippen molar-refractivity contribution in [3.63, 3.8) is 0 Å². The molecule has 0 aliphatic carbocycles. The fraction of sp³-hybridized carbons (Fsp3) is 0.444. The number of aliphatic carboxylic acids is 1. The lowest BCUT2D eigenvalue weighted by atomic mass is 10.0. The number of aromatic amines is 1. The first kappa shape index (κ1) is 79.4. The number of fused-ring (bicyclic) bond motifs is 1. The summed E-state index contributed by atoms with van der Waals surface area (Å²) in [5.74, 6) is -12.0. The van der Waals surface area contributed by atoms with Crippen LogP contribution in [0.3, 0.4) is 0 Å². The van der Waals surface area contributed by atoms with Gasteiger partial charge in [0.1, 0.15) is 30.2 Å². The third kappa shape index (κ3) is 31.4. The van der Waals surface area contributed by atoms with E-state index in [4.69, 9.17) is 28.7 Å². The second kappa shape index (κ2) is 43.8. The topological polar surface area (TPSA) is 574 Å². The SMILES string of the molecule is NCCCC[C@H](NC(=O)CNC(=O)CNC(=O)[C@H](Cc1ccccc1)NC(=O)CNC(=O)CNC(=O)[C@H](CCCN=C(N)N)NC(=O)CNC(=O)CNC(=O)[C@H](Cc1ccccc1)NC(=O)CNC(=O)CNC(=O)[C@@H](N)CCCCN)C(=O)N[C@@H](Cc1c[nH]c2ccccc12)C(=O)O. The van der Waals surface area contributed by atoms with Crippen molar-refractivity contribution in [2.24, 2.45) is 33.7 Å². The minimum atomic E-state index is -1.35. The maximum Gasteiger partial charge on any atom is 0.326 e. The number of guanidine groups is 1. The summed E-state index contributed by atoms with van der Waals surface area (Å²) in [4.78, 5) is 189. The molecule has 35 nitrogen and oxygen atoms in total. The van der Waals surface area contributed by atoms with Crippen LogP contribution < -0.4 is 97.8 Å². The fourth-order valence-electron chi connectivity index (χ4n) is 9.40. The molecule has 4 rings (SSSR count). The highest BCUT2D eigenvalue weighted by Crippen LogP contribution is 2.19. The molecule has 98 heavy (non-hydrogen) atoms. The molecule has 6 atom stereocenters. The van der Waals surface area contributed by atoms with Gasteiger partial charge in [0, 0.05) is 42.9 Å². The molecule has 25 N–H and O–H groups in total. The summed E-state index contributed by atoms with van der Waals surface area (Å²) in [5, 5.41) is 42.1. The van der Waals surface area contributed by atoms with Crippen molar-refractivity contribution in [3.8, 4) is 0 Å². The summed E-state index contributed by atoms with van der Waals surface area (Å²) in [5.41, 5.74) is 30.5. The number of hydrogen-bond acceptors (Lipinski definition) is 18. The van der Waals surface area contributed by atoms with Crippen LogP contribution in [0.4, 0.5) is 0 Å². The molecule has 4 aromatic rings. The van der Waals surface area contributed by atoms with Crippen LogP contribution in [0, 0.1) is 0 Å². The van der Waals surface area contributed by atoms with Crippen LogP contribution in [0.25, 0.3) is 10.9 Å². The van der Waals surface area contributed by atoms with E-state index in [0.29, 0.717) is 61.9 Å². The van der Waals surface area contributed by atoms with Crippen molar-refractivity contribution in [2.75, 3.05) is 72.0 Å². The van der Waals surface area contributed by atoms with Gasteiger partial charge in [0.15, 0.2) is 5.96 Å². The number of H-pyrrole nitrogens is 1. The lowest BCUT2D eigenvalue weighted by Crippen LogP contribution is -2.54. The van der Waals surface area contributed by atoms with Gasteiger partial charge in [-0.15, -0.1) is 0 Å². The van der Waals surface area contributed by atoms with Crippen LogP contribution >= 0.6 is 0 Å². The minimum absolute atomic E-state index is 0.0318. The third-order valence-electron chi connectivity index (χ3n) is 14.6. The number of nitrogens with two attached hydrogens (primary N) is 5. The monoisotopic (exact) mass is 1370 g/mol. The minimum Gasteiger partial charge on any atom is -0.480 e. The number of aromatic nitrogens is 1. The Kier molecular flexibility index (Phi) is 35.5. The molecule has 0 saturated heterocycles. The number of carboxylic acid groups (broad SMARTS) is 1. The Labute approximate surface area is 564 Å². The predicted molar refractivity (Wildman–Crippen MR) is 357 cm³/mol. The quantitative estimate of drug-likeness (QED) is 0.0111. The van der Waals surface area contributed by atoms with E-state index in [1.807, 2.05) is 18.2 Å². The van der Waals surface area contributed by atoms with Gasteiger partial charge in [0.05, 0.1) is 58.4 Å². The fourth-order valence-corrected chi connectivity index (χ4v) is 9.40. The molecule has 532 valence electrons. The molecule has 1 heterocycles. The molecular formula is C63H90N20O15. The van der Waals surface area contributed by atoms with E-state index in [1.54, 1.807) is 72.9 Å². The average Bonchev–Trinajstić information content (AvgIpc) is 1.67. The molecule has 3 aromatic carbocycles. The predicted octanol–water partition coefficient (Wildman–Crippen LogP) is -6.73. The van der Waals surface area contributed by atoms with Gasteiger partial charge >= 0.3 is 5.97 Å². The van der Waals surface area contributed by atoms with Gasteiger partial charge in [-0.2, -0.15) is 0 Å². The van der Waals surface area contributed by atoms with Gasteiger partial charge in [0.25, 0.3) is 0 Å². The van der Waals surface area contributed by atoms with E-state index in [1.165, 1.54) is 0 Å². The standard InChI is InChI=1S/C63H90N20O15/c64-23-11-9-19-42(66)57(92)75-30-49(84)73-36-55(90)81-46(26-38-14-3-1-4-15-38)59(94)77-32-51(86)71-34-53(88)79-44(22-13-25-69-63(67)68)58(93)76-31-50(85)74-37-56(91)82-47(27-39-16-5-2-6-17-39)60(95)78-33-52(87)72-35-54(89)80-45(21-10-12-24-65)61(96)83-48(62(97)98)28-40-29-70-43-20-8-7-18-41(40)43/h1-8,14-18,20,29,42,44-48,70H,9-13,19,21-28,30-37,64-66H2,(H,71,86)(H,72,87)(H,73,84)(H,74,85)(H,75,92)(H,76,93)(H,77,94)(H,78,95)(H,79,88)(H,80,89)(H,81,90)(H,82,91)(H,83,96)(H,97,98)(H4,67,68,69)/t42-,44-,45-,46-,47-,48-/m0/s1. The first-order chi connectivity index (χ1) is 46.9. The van der Waals surface area contributed by atoms with Crippen LogP contribution in [-0.2, 0) is 86.4 Å². The van der Waals surface area contributed by atoms with Gasteiger partial charge in [-0.3, -0.25) is 67.3 Å². The van der Waals surface area contributed by atoms with Crippen molar-refractivity contribution in [1.29, 1.82) is 0 Å². The number of hydrogen-bond donors (Lipinski definition) is 20. The lowest BCUT2D eigenvalue weighted by molar-refractivity contribution is -0.142. The highest BCUT2D eigenvalue weighted by atomic mass is 16.4. The van der Waals surface area contributed by atoms with Crippen molar-refractivity contribution in [3.05, 3.63) is 108 Å². The van der Waals surface area contributed by atoms with Crippen LogP contribution in [0.1, 0.15) is 68.1 Å². The van der Waals surface area contributed by atoms with Crippen LogP contribution in [-0.4, -0.2) is 207 Å². The lowest BCUT2D eigenvalue weighted by Gasteiger charge is -2.22. The Morgan fingerprint density at radius 3 is 1.21 bits per heavy atom. The average molecular weight is 1370 g/mol. The van der Waals surface area contributed by atoms with E-state index in [0.717, 1.165) is 10.9 Å². The van der Waals surface area contributed by atoms with Gasteiger partial charge < -0.3 is 108 Å². The molecule has 1 aromatic heterocycles. The summed E-state index contributed by atoms with van der Waals surface area (Å²) >= 11 is 0. The first-order valence-corrected chi connectivity index (χ1v) is 31.7. The second-order valence-corrected chi connectivity index (χ2v) is 22.4. The smallest absolute Gasteiger partial charge is 0.326 e. The summed E-state index contributed by atoms with van der Waals surface area (Å²) in [7, 11) is 0. The number of amides is 13. The van der Waals surface area contributed by atoms with Crippen molar-refractivity contribution >= 4 is 99.6 Å². The molecule has 0 unspecified atom stereocenters. The van der Waals surface area contributed by atoms with E-state index in [2.05, 4.69) is 79.1 Å². The molecule has 13 amide bonds. The summed E-state index contributed by atoms with van der Waals surface area (Å²) in [6.07, 6.45) is 4.19. The van der Waals surface area contributed by atoms with Gasteiger partial charge in [-0.1, -0.05) is 85.3 Å². The molecule has 35 heteroatoms. The Morgan fingerprint density at radius 2 is 0.776 bits per heavy atom. The van der Waals surface area contributed by atoms with E-state index < -0.39 is 171 Å². The molecule has 0 bridgehead atoms. The molecule has 0 radical (unpaired) electrons. The highest BCUT2D eigenvalue weighted by Gasteiger charge is 2.30. The number of benzene rings is 3. The van der Waals surface area contributed by atoms with Gasteiger partial charge in [0.2, 0.25) is 76.8 Å². The second-order valence-electron chi connectivity index (χ2n) is 22.4. The number of nitrogens with zero attached hydrogens (tertiary/aromatic N) is 1. The number of unbranched alkanes of at least 4 members (excludes halogenated alkanes) is 2. The van der Waals surface area contributed by atoms with Crippen molar-refractivity contribution < 1.29 is 72.2 Å². The highest BCUT2D eigenvalue weighted by molar-refractivity contribution is 5.97. The summed E-state index contributed by atoms with van der Waals surface area (Å²) in [6.45, 7) is -4.37. The van der Waals surface area contributed by atoms with E-state index in [9.17, 15) is 72.2 Å². The maximum absolute atomic E-state index is 13.5. The van der Waals surface area contributed by atoms with Crippen LogP contribution in [0.15, 0.2) is 96.1 Å². The number of carbonyl (C=O) groups excluding carboxylic acids is 13. The van der Waals surface area contributed by atoms with Gasteiger partial charge in [-0.25, -0.2) is 4.79 Å². The summed E-state index contributed by atoms with van der Waals surface area (Å²) < 4.78 is 0. The van der Waals surface area contributed by atoms with Crippen LogP contribution in [0.2, 0.25) is 0 Å². The molecule has 0 spiro atoms. The Bertz CT molecular complexity index is 3370.